The van der Waals surface area contributed by atoms with Crippen molar-refractivity contribution in [3.63, 3.8) is 0 Å². The Bertz CT molecular complexity index is 1250. The SMILES string of the molecule is O=c1c(Nc2ccc([N+](=O)[O-])cc2)cc(S(=O)(=O)c2ccccc2)c2n1CCC2. The van der Waals surface area contributed by atoms with Crippen LogP contribution in [0.1, 0.15) is 12.1 Å². The van der Waals surface area contributed by atoms with Crippen LogP contribution in [0.15, 0.2) is 75.2 Å². The minimum Gasteiger partial charge on any atom is -0.351 e. The van der Waals surface area contributed by atoms with E-state index in [1.54, 1.807) is 18.2 Å². The van der Waals surface area contributed by atoms with Crippen LogP contribution < -0.4 is 10.9 Å². The largest absolute Gasteiger partial charge is 0.351 e. The van der Waals surface area contributed by atoms with Crippen LogP contribution in [0, 0.1) is 10.1 Å². The first-order valence-corrected chi connectivity index (χ1v) is 10.4. The first kappa shape index (κ1) is 18.9. The molecule has 0 amide bonds. The molecule has 1 aromatic heterocycles. The number of pyridine rings is 1. The highest BCUT2D eigenvalue weighted by Crippen LogP contribution is 2.30. The highest BCUT2D eigenvalue weighted by Gasteiger charge is 2.28. The zero-order valence-electron chi connectivity index (χ0n) is 15.2. The molecule has 1 aliphatic rings. The Morgan fingerprint density at radius 1 is 1.03 bits per heavy atom. The summed E-state index contributed by atoms with van der Waals surface area (Å²) < 4.78 is 27.9. The summed E-state index contributed by atoms with van der Waals surface area (Å²) in [6.07, 6.45) is 1.20. The van der Waals surface area contributed by atoms with Crippen LogP contribution in [0.25, 0.3) is 0 Å². The molecular formula is C20H17N3O5S. The Kier molecular flexibility index (Phi) is 4.67. The van der Waals surface area contributed by atoms with Crippen LogP contribution in [0.2, 0.25) is 0 Å². The Hall–Kier alpha value is -3.46. The summed E-state index contributed by atoms with van der Waals surface area (Å²) in [5, 5.41) is 13.7. The maximum Gasteiger partial charge on any atom is 0.274 e. The summed E-state index contributed by atoms with van der Waals surface area (Å²) in [6, 6.07) is 15.0. The van der Waals surface area contributed by atoms with E-state index in [0.29, 0.717) is 30.8 Å². The van der Waals surface area contributed by atoms with E-state index in [9.17, 15) is 23.3 Å². The number of nitrogens with one attached hydrogen (secondary N) is 1. The van der Waals surface area contributed by atoms with Gasteiger partial charge in [-0.2, -0.15) is 0 Å². The van der Waals surface area contributed by atoms with Crippen molar-refractivity contribution in [3.8, 4) is 0 Å². The number of sulfone groups is 1. The van der Waals surface area contributed by atoms with Gasteiger partial charge in [0.1, 0.15) is 5.69 Å². The van der Waals surface area contributed by atoms with E-state index < -0.39 is 14.8 Å². The summed E-state index contributed by atoms with van der Waals surface area (Å²) >= 11 is 0. The Labute approximate surface area is 166 Å². The predicted octanol–water partition coefficient (Wildman–Crippen LogP) is 3.28. The third kappa shape index (κ3) is 3.40. The smallest absolute Gasteiger partial charge is 0.274 e. The van der Waals surface area contributed by atoms with Gasteiger partial charge in [0.25, 0.3) is 11.2 Å². The molecule has 0 unspecified atom stereocenters. The second kappa shape index (κ2) is 7.17. The summed E-state index contributed by atoms with van der Waals surface area (Å²) in [7, 11) is -3.80. The highest BCUT2D eigenvalue weighted by molar-refractivity contribution is 7.91. The summed E-state index contributed by atoms with van der Waals surface area (Å²) in [5.41, 5.74) is 0.679. The molecule has 0 saturated heterocycles. The normalized spacial score (nSPS) is 13.1. The van der Waals surface area contributed by atoms with E-state index in [1.165, 1.54) is 47.0 Å². The number of nitro benzene ring substituents is 1. The Morgan fingerprint density at radius 3 is 2.38 bits per heavy atom. The van der Waals surface area contributed by atoms with Gasteiger partial charge in [-0.25, -0.2) is 8.42 Å². The molecule has 0 spiro atoms. The average Bonchev–Trinajstić information content (AvgIpc) is 3.21. The van der Waals surface area contributed by atoms with Crippen LogP contribution in [0.4, 0.5) is 17.1 Å². The number of aromatic nitrogens is 1. The van der Waals surface area contributed by atoms with Crippen LogP contribution >= 0.6 is 0 Å². The molecule has 0 atom stereocenters. The number of nitro groups is 1. The lowest BCUT2D eigenvalue weighted by atomic mass is 10.2. The molecule has 29 heavy (non-hydrogen) atoms. The van der Waals surface area contributed by atoms with Crippen LogP contribution in [-0.2, 0) is 22.8 Å². The molecule has 0 fully saturated rings. The standard InChI is InChI=1S/C20H17N3O5S/c24-20-17(21-14-8-10-15(11-9-14)23(25)26)13-19(18-7-4-12-22(18)20)29(27,28)16-5-2-1-3-6-16/h1-3,5-6,8-11,13,21H,4,7,12H2. The molecule has 0 saturated carbocycles. The van der Waals surface area contributed by atoms with E-state index in [2.05, 4.69) is 5.32 Å². The van der Waals surface area contributed by atoms with Gasteiger partial charge in [0.15, 0.2) is 0 Å². The van der Waals surface area contributed by atoms with Gasteiger partial charge in [-0.05, 0) is 43.2 Å². The second-order valence-electron chi connectivity index (χ2n) is 6.67. The zero-order chi connectivity index (χ0) is 20.6. The summed E-state index contributed by atoms with van der Waals surface area (Å²) in [4.78, 5) is 23.4. The zero-order valence-corrected chi connectivity index (χ0v) is 16.1. The third-order valence-corrected chi connectivity index (χ3v) is 6.68. The quantitative estimate of drug-likeness (QED) is 0.509. The van der Waals surface area contributed by atoms with Crippen molar-refractivity contribution < 1.29 is 13.3 Å². The predicted molar refractivity (Wildman–Crippen MR) is 107 cm³/mol. The van der Waals surface area contributed by atoms with Crippen molar-refractivity contribution in [2.75, 3.05) is 5.32 Å². The average molecular weight is 411 g/mol. The van der Waals surface area contributed by atoms with E-state index >= 15 is 0 Å². The molecule has 2 heterocycles. The number of hydrogen-bond donors (Lipinski definition) is 1. The minimum absolute atomic E-state index is 0.0754. The molecule has 148 valence electrons. The van der Waals surface area contributed by atoms with Crippen molar-refractivity contribution in [1.29, 1.82) is 0 Å². The molecule has 1 N–H and O–H groups in total. The monoisotopic (exact) mass is 411 g/mol. The van der Waals surface area contributed by atoms with Crippen molar-refractivity contribution in [2.45, 2.75) is 29.2 Å². The number of rotatable bonds is 5. The molecule has 8 nitrogen and oxygen atoms in total. The van der Waals surface area contributed by atoms with E-state index in [0.717, 1.165) is 0 Å². The van der Waals surface area contributed by atoms with Gasteiger partial charge in [-0.1, -0.05) is 18.2 Å². The fourth-order valence-electron chi connectivity index (χ4n) is 3.45. The topological polar surface area (TPSA) is 111 Å². The molecular weight excluding hydrogens is 394 g/mol. The van der Waals surface area contributed by atoms with E-state index in [1.807, 2.05) is 0 Å². The summed E-state index contributed by atoms with van der Waals surface area (Å²) in [5.74, 6) is 0. The van der Waals surface area contributed by atoms with Crippen LogP contribution in [0.5, 0.6) is 0 Å². The van der Waals surface area contributed by atoms with E-state index in [-0.39, 0.29) is 26.7 Å². The third-order valence-electron chi connectivity index (χ3n) is 4.86. The number of non-ortho nitro benzene ring substituents is 1. The lowest BCUT2D eigenvalue weighted by Crippen LogP contribution is -2.24. The lowest BCUT2D eigenvalue weighted by molar-refractivity contribution is -0.384. The molecule has 9 heteroatoms. The van der Waals surface area contributed by atoms with Crippen molar-refractivity contribution in [3.05, 3.63) is 86.8 Å². The number of anilines is 2. The molecule has 0 bridgehead atoms. The van der Waals surface area contributed by atoms with Gasteiger partial charge in [-0.15, -0.1) is 0 Å². The molecule has 0 radical (unpaired) electrons. The van der Waals surface area contributed by atoms with Gasteiger partial charge < -0.3 is 9.88 Å². The van der Waals surface area contributed by atoms with Crippen LogP contribution in [-0.4, -0.2) is 17.9 Å². The first-order chi connectivity index (χ1) is 13.9. The van der Waals surface area contributed by atoms with E-state index in [4.69, 9.17) is 0 Å². The first-order valence-electron chi connectivity index (χ1n) is 8.96. The minimum atomic E-state index is -3.80. The van der Waals surface area contributed by atoms with Gasteiger partial charge in [-0.3, -0.25) is 14.9 Å². The Morgan fingerprint density at radius 2 is 1.72 bits per heavy atom. The number of nitrogens with zero attached hydrogens (tertiary/aromatic N) is 2. The summed E-state index contributed by atoms with van der Waals surface area (Å²) in [6.45, 7) is 0.446. The van der Waals surface area contributed by atoms with Gasteiger partial charge in [0, 0.05) is 30.1 Å². The number of hydrogen-bond acceptors (Lipinski definition) is 6. The maximum atomic E-state index is 13.2. The van der Waals surface area contributed by atoms with Crippen molar-refractivity contribution >= 4 is 26.9 Å². The van der Waals surface area contributed by atoms with Crippen molar-refractivity contribution in [1.82, 2.24) is 4.57 Å². The molecule has 0 aliphatic carbocycles. The fraction of sp³-hybridized carbons (Fsp3) is 0.150. The van der Waals surface area contributed by atoms with Gasteiger partial charge in [0.05, 0.1) is 14.7 Å². The van der Waals surface area contributed by atoms with Gasteiger partial charge in [0.2, 0.25) is 9.84 Å². The molecule has 4 rings (SSSR count). The molecule has 2 aromatic carbocycles. The number of benzene rings is 2. The van der Waals surface area contributed by atoms with Gasteiger partial charge >= 0.3 is 0 Å². The highest BCUT2D eigenvalue weighted by atomic mass is 32.2. The molecule has 3 aromatic rings. The van der Waals surface area contributed by atoms with Crippen molar-refractivity contribution in [2.24, 2.45) is 0 Å². The van der Waals surface area contributed by atoms with Crippen LogP contribution in [0.3, 0.4) is 0 Å². The maximum absolute atomic E-state index is 13.2. The fourth-order valence-corrected chi connectivity index (χ4v) is 5.01. The second-order valence-corrected chi connectivity index (χ2v) is 8.59. The lowest BCUT2D eigenvalue weighted by Gasteiger charge is -2.15. The number of fused-ring (bicyclic) bond motifs is 1. The Balaban J connectivity index is 1.81. The molecule has 1 aliphatic heterocycles.